The van der Waals surface area contributed by atoms with Crippen LogP contribution in [0.1, 0.15) is 0 Å². The number of hydrogen-bond donors (Lipinski definition) is 0. The summed E-state index contributed by atoms with van der Waals surface area (Å²) in [6, 6.07) is 43.8. The molecule has 134 valence electrons. The van der Waals surface area contributed by atoms with E-state index in [0.717, 1.165) is 0 Å². The third kappa shape index (κ3) is 4.16. The van der Waals surface area contributed by atoms with Gasteiger partial charge in [-0.3, -0.25) is 0 Å². The van der Waals surface area contributed by atoms with Crippen molar-refractivity contribution in [3.8, 4) is 0 Å². The fraction of sp³-hybridized carbons (Fsp3) is 0. The van der Waals surface area contributed by atoms with Gasteiger partial charge in [0.15, 0.2) is 0 Å². The lowest BCUT2D eigenvalue weighted by molar-refractivity contribution is 1.71. The number of benzene rings is 4. The van der Waals surface area contributed by atoms with Gasteiger partial charge in [-0.2, -0.15) is 0 Å². The first-order chi connectivity index (χ1) is 13.4. The molecule has 0 heterocycles. The molecule has 0 bridgehead atoms. The number of hydrogen-bond acceptors (Lipinski definition) is 0. The molecule has 0 aliphatic rings. The Morgan fingerprint density at radius 1 is 0.370 bits per heavy atom. The van der Waals surface area contributed by atoms with Crippen LogP contribution in [0, 0.1) is 0 Å². The highest BCUT2D eigenvalue weighted by Gasteiger charge is 2.47. The molecule has 0 spiro atoms. The largest absolute Gasteiger partial charge is 0.144 e. The van der Waals surface area contributed by atoms with E-state index in [0.29, 0.717) is 0 Å². The predicted octanol–water partition coefficient (Wildman–Crippen LogP) is 5.52. The van der Waals surface area contributed by atoms with E-state index < -0.39 is 7.26 Å². The van der Waals surface area contributed by atoms with Gasteiger partial charge in [-0.25, -0.2) is 0 Å². The summed E-state index contributed by atoms with van der Waals surface area (Å²) >= 11 is 2.07. The van der Waals surface area contributed by atoms with Gasteiger partial charge in [-0.1, -0.05) is 102 Å². The lowest BCUT2D eigenvalue weighted by Crippen LogP contribution is -2.38. The fourth-order valence-electron chi connectivity index (χ4n) is 3.50. The highest BCUT2D eigenvalue weighted by molar-refractivity contribution is 14.2. The van der Waals surface area contributed by atoms with Crippen LogP contribution in [-0.2, 0) is 0 Å². The van der Waals surface area contributed by atoms with Crippen LogP contribution in [0.15, 0.2) is 121 Å². The highest BCUT2D eigenvalue weighted by atomic mass is 127. The first-order valence-corrected chi connectivity index (χ1v) is 14.7. The zero-order chi connectivity index (χ0) is 19.0. The SMILES string of the molecule is PI.c1ccc([P+](c2ccccc2)(c2ccccc2)c2ccccc2)cc1. The van der Waals surface area contributed by atoms with Gasteiger partial charge in [-0.05, 0) is 48.5 Å². The Hall–Kier alpha value is -1.53. The summed E-state index contributed by atoms with van der Waals surface area (Å²) in [6.07, 6.45) is 0. The normalized spacial score (nSPS) is 10.6. The van der Waals surface area contributed by atoms with E-state index in [-0.39, 0.29) is 0 Å². The van der Waals surface area contributed by atoms with E-state index >= 15 is 0 Å². The maximum atomic E-state index is 2.39. The van der Waals surface area contributed by atoms with E-state index in [1.807, 2.05) is 0 Å². The molecule has 3 heteroatoms. The molecule has 4 aromatic rings. The van der Waals surface area contributed by atoms with Gasteiger partial charge >= 0.3 is 0 Å². The third-order valence-corrected chi connectivity index (χ3v) is 8.86. The second-order valence-electron chi connectivity index (χ2n) is 6.01. The predicted molar refractivity (Wildman–Crippen MR) is 135 cm³/mol. The first kappa shape index (κ1) is 20.2. The van der Waals surface area contributed by atoms with Gasteiger partial charge in [0.1, 0.15) is 28.5 Å². The van der Waals surface area contributed by atoms with Crippen LogP contribution in [-0.4, -0.2) is 0 Å². The summed E-state index contributed by atoms with van der Waals surface area (Å²) in [5.74, 6) is 0. The van der Waals surface area contributed by atoms with Crippen molar-refractivity contribution < 1.29 is 0 Å². The minimum Gasteiger partial charge on any atom is -0.0702 e. The quantitative estimate of drug-likeness (QED) is 0.257. The summed E-state index contributed by atoms with van der Waals surface area (Å²) in [7, 11) is -1.91. The molecule has 0 saturated carbocycles. The molecule has 0 fully saturated rings. The molecular formula is C24H22IP2+. The van der Waals surface area contributed by atoms with Crippen molar-refractivity contribution >= 4 is 57.4 Å². The summed E-state index contributed by atoms with van der Waals surface area (Å²) in [5, 5.41) is 5.55. The van der Waals surface area contributed by atoms with Crippen LogP contribution < -0.4 is 21.2 Å². The Labute approximate surface area is 178 Å². The molecule has 0 nitrogen and oxygen atoms in total. The molecule has 0 aliphatic heterocycles. The topological polar surface area (TPSA) is 0 Å². The van der Waals surface area contributed by atoms with Gasteiger partial charge in [-0.15, -0.1) is 0 Å². The van der Waals surface area contributed by atoms with Crippen LogP contribution >= 0.6 is 36.2 Å². The van der Waals surface area contributed by atoms with E-state index in [4.69, 9.17) is 0 Å². The Morgan fingerprint density at radius 3 is 0.741 bits per heavy atom. The number of rotatable bonds is 4. The molecule has 0 saturated heterocycles. The minimum absolute atomic E-state index is 1.39. The zero-order valence-electron chi connectivity index (χ0n) is 14.9. The van der Waals surface area contributed by atoms with Gasteiger partial charge in [0.25, 0.3) is 0 Å². The average Bonchev–Trinajstić information content (AvgIpc) is 2.79. The van der Waals surface area contributed by atoms with Crippen LogP contribution in [0.3, 0.4) is 0 Å². The minimum atomic E-state index is -1.91. The summed E-state index contributed by atoms with van der Waals surface area (Å²) in [5.41, 5.74) is 0. The van der Waals surface area contributed by atoms with Crippen molar-refractivity contribution in [3.05, 3.63) is 121 Å². The zero-order valence-corrected chi connectivity index (χ0v) is 19.2. The van der Waals surface area contributed by atoms with Crippen LogP contribution in [0.5, 0.6) is 0 Å². The van der Waals surface area contributed by atoms with Crippen LogP contribution in [0.2, 0.25) is 0 Å². The third-order valence-electron chi connectivity index (χ3n) is 4.57. The van der Waals surface area contributed by atoms with Crippen molar-refractivity contribution in [2.75, 3.05) is 0 Å². The van der Waals surface area contributed by atoms with Gasteiger partial charge < -0.3 is 0 Å². The number of halogens is 1. The van der Waals surface area contributed by atoms with Gasteiger partial charge in [0.05, 0.1) is 0 Å². The maximum absolute atomic E-state index is 2.39. The molecule has 1 unspecified atom stereocenters. The van der Waals surface area contributed by atoms with Gasteiger partial charge in [0.2, 0.25) is 0 Å². The summed E-state index contributed by atoms with van der Waals surface area (Å²) in [4.78, 5) is 0. The molecule has 0 N–H and O–H groups in total. The van der Waals surface area contributed by atoms with E-state index in [9.17, 15) is 0 Å². The van der Waals surface area contributed by atoms with Crippen molar-refractivity contribution in [1.29, 1.82) is 0 Å². The van der Waals surface area contributed by atoms with Crippen LogP contribution in [0.4, 0.5) is 0 Å². The van der Waals surface area contributed by atoms with Crippen molar-refractivity contribution in [2.24, 2.45) is 0 Å². The lowest BCUT2D eigenvalue weighted by Gasteiger charge is -2.27. The monoisotopic (exact) mass is 499 g/mol. The molecule has 4 aromatic carbocycles. The van der Waals surface area contributed by atoms with E-state index in [2.05, 4.69) is 150 Å². The standard InChI is InChI=1S/C24H20P.H2IP/c1-5-13-21(14-6-1)25(22-15-7-2-8-16-22,23-17-9-3-10-18-23)24-19-11-4-12-20-24;1-2/h1-20H;2H2/q+1;. The Kier molecular flexibility index (Phi) is 7.59. The Bertz CT molecular complexity index is 763. The van der Waals surface area contributed by atoms with Gasteiger partial charge in [0, 0.05) is 0 Å². The molecule has 0 amide bonds. The molecule has 1 atom stereocenters. The maximum Gasteiger partial charge on any atom is 0.144 e. The van der Waals surface area contributed by atoms with Crippen molar-refractivity contribution in [2.45, 2.75) is 0 Å². The smallest absolute Gasteiger partial charge is 0.0702 e. The fourth-order valence-corrected chi connectivity index (χ4v) is 7.77. The second-order valence-corrected chi connectivity index (χ2v) is 9.42. The first-order valence-electron chi connectivity index (χ1n) is 8.76. The van der Waals surface area contributed by atoms with E-state index in [1.54, 1.807) is 0 Å². The van der Waals surface area contributed by atoms with Crippen molar-refractivity contribution in [1.82, 2.24) is 0 Å². The molecule has 0 aliphatic carbocycles. The highest BCUT2D eigenvalue weighted by Crippen LogP contribution is 2.53. The summed E-state index contributed by atoms with van der Waals surface area (Å²) < 4.78 is 0. The molecule has 4 rings (SSSR count). The molecule has 0 radical (unpaired) electrons. The Balaban J connectivity index is 0.00000102. The summed E-state index contributed by atoms with van der Waals surface area (Å²) in [6.45, 7) is 2.39. The van der Waals surface area contributed by atoms with Crippen molar-refractivity contribution in [3.63, 3.8) is 0 Å². The van der Waals surface area contributed by atoms with E-state index in [1.165, 1.54) is 21.2 Å². The second kappa shape index (κ2) is 10.1. The van der Waals surface area contributed by atoms with Crippen LogP contribution in [0.25, 0.3) is 0 Å². The lowest BCUT2D eigenvalue weighted by atomic mass is 10.3. The average molecular weight is 499 g/mol. The molecule has 0 aromatic heterocycles. The Morgan fingerprint density at radius 2 is 0.556 bits per heavy atom. The molecular weight excluding hydrogens is 477 g/mol. The molecule has 27 heavy (non-hydrogen) atoms.